The quantitative estimate of drug-likeness (QED) is 0.662. The third-order valence-electron chi connectivity index (χ3n) is 4.72. The molecule has 1 N–H and O–H groups in total. The Morgan fingerprint density at radius 1 is 1.50 bits per heavy atom. The van der Waals surface area contributed by atoms with E-state index >= 15 is 0 Å². The van der Waals surface area contributed by atoms with Crippen molar-refractivity contribution < 1.29 is 0 Å². The maximum Gasteiger partial charge on any atom is 0.0190 e. The normalized spacial score (nSPS) is 49.6. The molecule has 3 atom stereocenters. The molecule has 1 saturated carbocycles. The molecule has 0 aromatic rings. The van der Waals surface area contributed by atoms with Crippen molar-refractivity contribution in [3.8, 4) is 0 Å². The SMILES string of the molecule is CCCC12CCC(C)(CN1)C1=CC1C2. The minimum absolute atomic E-state index is 0.508. The Balaban J connectivity index is 1.87. The Hall–Kier alpha value is -0.300. The Kier molecular flexibility index (Phi) is 1.69. The number of rotatable bonds is 2. The van der Waals surface area contributed by atoms with E-state index in [2.05, 4.69) is 25.2 Å². The summed E-state index contributed by atoms with van der Waals surface area (Å²) < 4.78 is 0. The lowest BCUT2D eigenvalue weighted by atomic mass is 9.75. The monoisotopic (exact) mass is 191 g/mol. The molecule has 0 amide bonds. The van der Waals surface area contributed by atoms with E-state index in [0.29, 0.717) is 11.0 Å². The molecule has 2 aliphatic heterocycles. The zero-order valence-corrected chi connectivity index (χ0v) is 9.40. The highest BCUT2D eigenvalue weighted by Crippen LogP contribution is 2.57. The van der Waals surface area contributed by atoms with E-state index < -0.39 is 0 Å². The molecule has 4 rings (SSSR count). The standard InChI is InChI=1S/C13H21N/c1-3-4-13-6-5-12(2,9-14-13)11-7-10(11)8-13/h7,10,14H,3-6,8-9H2,1-2H3. The molecule has 0 aromatic carbocycles. The number of piperidine rings is 1. The average Bonchev–Trinajstić information content (AvgIpc) is 2.91. The molecule has 2 aliphatic carbocycles. The molecular weight excluding hydrogens is 170 g/mol. The van der Waals surface area contributed by atoms with Crippen LogP contribution in [0.5, 0.6) is 0 Å². The molecule has 3 unspecified atom stereocenters. The minimum Gasteiger partial charge on any atom is -0.310 e. The van der Waals surface area contributed by atoms with Crippen LogP contribution in [0.3, 0.4) is 0 Å². The summed E-state index contributed by atoms with van der Waals surface area (Å²) in [4.78, 5) is 0. The van der Waals surface area contributed by atoms with Crippen LogP contribution in [-0.4, -0.2) is 12.1 Å². The van der Waals surface area contributed by atoms with Gasteiger partial charge in [0.25, 0.3) is 0 Å². The third kappa shape index (κ3) is 1.11. The molecule has 14 heavy (non-hydrogen) atoms. The molecule has 0 radical (unpaired) electrons. The Labute approximate surface area is 87.0 Å². The van der Waals surface area contributed by atoms with E-state index in [1.54, 1.807) is 5.57 Å². The van der Waals surface area contributed by atoms with Crippen LogP contribution in [0.15, 0.2) is 11.6 Å². The highest BCUT2D eigenvalue weighted by atomic mass is 15.0. The third-order valence-corrected chi connectivity index (χ3v) is 4.72. The van der Waals surface area contributed by atoms with E-state index in [1.165, 1.54) is 38.6 Å². The van der Waals surface area contributed by atoms with Gasteiger partial charge in [0.2, 0.25) is 0 Å². The molecule has 2 heterocycles. The van der Waals surface area contributed by atoms with Crippen LogP contribution in [-0.2, 0) is 0 Å². The Morgan fingerprint density at radius 2 is 2.36 bits per heavy atom. The number of hydrogen-bond donors (Lipinski definition) is 1. The second-order valence-corrected chi connectivity index (χ2v) is 5.88. The van der Waals surface area contributed by atoms with Gasteiger partial charge in [-0.05, 0) is 25.7 Å². The fraction of sp³-hybridized carbons (Fsp3) is 0.846. The van der Waals surface area contributed by atoms with Crippen molar-refractivity contribution in [3.05, 3.63) is 11.6 Å². The van der Waals surface area contributed by atoms with E-state index in [9.17, 15) is 0 Å². The summed E-state index contributed by atoms with van der Waals surface area (Å²) in [6, 6.07) is 0. The topological polar surface area (TPSA) is 12.0 Å². The predicted molar refractivity (Wildman–Crippen MR) is 59.2 cm³/mol. The van der Waals surface area contributed by atoms with Gasteiger partial charge in [-0.25, -0.2) is 0 Å². The van der Waals surface area contributed by atoms with E-state index in [-0.39, 0.29) is 0 Å². The highest BCUT2D eigenvalue weighted by Gasteiger charge is 2.52. The number of allylic oxidation sites excluding steroid dienone is 1. The molecular formula is C13H21N. The van der Waals surface area contributed by atoms with Crippen molar-refractivity contribution in [1.29, 1.82) is 0 Å². The minimum atomic E-state index is 0.508. The van der Waals surface area contributed by atoms with Gasteiger partial charge in [0, 0.05) is 23.4 Å². The summed E-state index contributed by atoms with van der Waals surface area (Å²) in [5.41, 5.74) is 2.81. The van der Waals surface area contributed by atoms with Crippen molar-refractivity contribution in [1.82, 2.24) is 5.32 Å². The Morgan fingerprint density at radius 3 is 3.00 bits per heavy atom. The van der Waals surface area contributed by atoms with Crippen LogP contribution in [0, 0.1) is 11.3 Å². The number of nitrogens with one attached hydrogen (secondary N) is 1. The summed E-state index contributed by atoms with van der Waals surface area (Å²) >= 11 is 0. The maximum atomic E-state index is 3.86. The van der Waals surface area contributed by atoms with Crippen molar-refractivity contribution in [2.45, 2.75) is 51.5 Å². The van der Waals surface area contributed by atoms with Crippen LogP contribution in [0.1, 0.15) is 46.0 Å². The smallest absolute Gasteiger partial charge is 0.0190 e. The molecule has 1 heteroatoms. The molecule has 1 nitrogen and oxygen atoms in total. The second kappa shape index (κ2) is 2.63. The van der Waals surface area contributed by atoms with Crippen LogP contribution in [0.25, 0.3) is 0 Å². The van der Waals surface area contributed by atoms with Gasteiger partial charge in [-0.15, -0.1) is 0 Å². The molecule has 0 spiro atoms. The first-order valence-electron chi connectivity index (χ1n) is 6.15. The van der Waals surface area contributed by atoms with Crippen molar-refractivity contribution >= 4 is 0 Å². The van der Waals surface area contributed by atoms with Crippen molar-refractivity contribution in [2.24, 2.45) is 11.3 Å². The highest BCUT2D eigenvalue weighted by molar-refractivity contribution is 5.39. The average molecular weight is 191 g/mol. The molecule has 78 valence electrons. The van der Waals surface area contributed by atoms with Gasteiger partial charge >= 0.3 is 0 Å². The van der Waals surface area contributed by atoms with Gasteiger partial charge in [-0.2, -0.15) is 0 Å². The van der Waals surface area contributed by atoms with Crippen LogP contribution in [0.2, 0.25) is 0 Å². The van der Waals surface area contributed by atoms with Crippen LogP contribution < -0.4 is 5.32 Å². The largest absolute Gasteiger partial charge is 0.310 e. The fourth-order valence-electron chi connectivity index (χ4n) is 3.70. The molecule has 2 saturated heterocycles. The van der Waals surface area contributed by atoms with E-state index in [4.69, 9.17) is 0 Å². The first kappa shape index (κ1) is 8.96. The molecule has 4 aliphatic rings. The van der Waals surface area contributed by atoms with Gasteiger partial charge in [0.1, 0.15) is 0 Å². The first-order valence-corrected chi connectivity index (χ1v) is 6.15. The number of hydrogen-bond acceptors (Lipinski definition) is 1. The van der Waals surface area contributed by atoms with Crippen molar-refractivity contribution in [3.63, 3.8) is 0 Å². The zero-order valence-electron chi connectivity index (χ0n) is 9.40. The summed E-state index contributed by atoms with van der Waals surface area (Å²) in [5.74, 6) is 0.879. The zero-order chi connectivity index (χ0) is 9.81. The molecule has 2 bridgehead atoms. The summed E-state index contributed by atoms with van der Waals surface area (Å²) in [7, 11) is 0. The van der Waals surface area contributed by atoms with Gasteiger partial charge in [-0.1, -0.05) is 31.9 Å². The van der Waals surface area contributed by atoms with Crippen LogP contribution >= 0.6 is 0 Å². The maximum absolute atomic E-state index is 3.86. The second-order valence-electron chi connectivity index (χ2n) is 5.88. The summed E-state index contributed by atoms with van der Waals surface area (Å²) in [5, 5.41) is 3.86. The first-order chi connectivity index (χ1) is 6.68. The number of fused-ring (bicyclic) bond motifs is 2. The Bertz CT molecular complexity index is 282. The van der Waals surface area contributed by atoms with E-state index in [1.807, 2.05) is 0 Å². The molecule has 3 fully saturated rings. The van der Waals surface area contributed by atoms with Crippen molar-refractivity contribution in [2.75, 3.05) is 6.54 Å². The van der Waals surface area contributed by atoms with Gasteiger partial charge in [-0.3, -0.25) is 0 Å². The lowest BCUT2D eigenvalue weighted by Gasteiger charge is -2.43. The fourth-order valence-corrected chi connectivity index (χ4v) is 3.70. The van der Waals surface area contributed by atoms with Gasteiger partial charge < -0.3 is 5.32 Å². The van der Waals surface area contributed by atoms with E-state index in [0.717, 1.165) is 5.92 Å². The summed E-state index contributed by atoms with van der Waals surface area (Å²) in [6.07, 6.45) is 9.45. The van der Waals surface area contributed by atoms with Crippen LogP contribution in [0.4, 0.5) is 0 Å². The lowest BCUT2D eigenvalue weighted by molar-refractivity contribution is 0.167. The summed E-state index contributed by atoms with van der Waals surface area (Å²) in [6.45, 7) is 6.00. The van der Waals surface area contributed by atoms with Gasteiger partial charge in [0.05, 0.1) is 0 Å². The lowest BCUT2D eigenvalue weighted by Crippen LogP contribution is -2.52. The molecule has 0 aromatic heterocycles. The predicted octanol–water partition coefficient (Wildman–Crippen LogP) is 2.87. The van der Waals surface area contributed by atoms with Gasteiger partial charge in [0.15, 0.2) is 0 Å².